The highest BCUT2D eigenvalue weighted by Gasteiger charge is 2.82. The summed E-state index contributed by atoms with van der Waals surface area (Å²) in [5.41, 5.74) is -0.973. The van der Waals surface area contributed by atoms with E-state index in [1.165, 1.54) is 0 Å². The van der Waals surface area contributed by atoms with Crippen LogP contribution in [0.4, 0.5) is 0 Å². The van der Waals surface area contributed by atoms with E-state index in [1.807, 2.05) is 41.5 Å². The summed E-state index contributed by atoms with van der Waals surface area (Å²) in [5, 5.41) is 28.5. The molecular formula is C16H26N8O2S. The average molecular weight is 395 g/mol. The van der Waals surface area contributed by atoms with Crippen LogP contribution in [-0.4, -0.2) is 59.2 Å². The first-order chi connectivity index (χ1) is 12.4. The first kappa shape index (κ1) is 18.5. The van der Waals surface area contributed by atoms with E-state index >= 15 is 0 Å². The molecule has 2 saturated carbocycles. The third-order valence-corrected chi connectivity index (χ3v) is 10.7. The molecule has 2 N–H and O–H groups in total. The molecule has 0 saturated heterocycles. The van der Waals surface area contributed by atoms with Gasteiger partial charge in [-0.1, -0.05) is 52.0 Å². The Labute approximate surface area is 158 Å². The van der Waals surface area contributed by atoms with Gasteiger partial charge in [0, 0.05) is 11.8 Å². The Balaban J connectivity index is 1.85. The highest BCUT2D eigenvalue weighted by Crippen LogP contribution is 2.75. The highest BCUT2D eigenvalue weighted by molar-refractivity contribution is 7.95. The predicted octanol–water partition coefficient (Wildman–Crippen LogP) is 1.37. The first-order valence-electron chi connectivity index (χ1n) is 9.11. The molecule has 2 aromatic heterocycles. The molecule has 0 bridgehead atoms. The maximum absolute atomic E-state index is 14.3. The molecule has 10 nitrogen and oxygen atoms in total. The molecule has 148 valence electrons. The fourth-order valence-corrected chi connectivity index (χ4v) is 9.10. The van der Waals surface area contributed by atoms with Crippen LogP contribution in [0.15, 0.2) is 0 Å². The highest BCUT2D eigenvalue weighted by atomic mass is 32.2. The van der Waals surface area contributed by atoms with Crippen molar-refractivity contribution in [2.75, 3.05) is 0 Å². The predicted molar refractivity (Wildman–Crippen MR) is 96.4 cm³/mol. The van der Waals surface area contributed by atoms with Crippen molar-refractivity contribution in [1.82, 2.24) is 41.2 Å². The van der Waals surface area contributed by atoms with Gasteiger partial charge < -0.3 is 0 Å². The lowest BCUT2D eigenvalue weighted by Gasteiger charge is -2.40. The lowest BCUT2D eigenvalue weighted by molar-refractivity contribution is 0.317. The monoisotopic (exact) mass is 394 g/mol. The Kier molecular flexibility index (Phi) is 3.50. The van der Waals surface area contributed by atoms with Gasteiger partial charge in [0.2, 0.25) is 0 Å². The van der Waals surface area contributed by atoms with Crippen molar-refractivity contribution in [3.05, 3.63) is 11.6 Å². The standard InChI is InChI=1S/C16H26N8O2S/c1-13(2,3)15(7-9(15)11-17-21-22-18-11)27(25,26)16(14(4,5)6)8-10(16)12-19-23-24-20-12/h9-10H,7-8H2,1-6H3,(H,17,18,21,22)(H,19,20,23,24). The van der Waals surface area contributed by atoms with Crippen LogP contribution in [0.3, 0.4) is 0 Å². The fourth-order valence-electron chi connectivity index (χ4n) is 5.11. The van der Waals surface area contributed by atoms with Crippen LogP contribution in [0.2, 0.25) is 0 Å². The lowest BCUT2D eigenvalue weighted by Crippen LogP contribution is -2.51. The largest absolute Gasteiger partial charge is 0.228 e. The number of aromatic nitrogens is 8. The summed E-state index contributed by atoms with van der Waals surface area (Å²) in [6, 6.07) is 0. The van der Waals surface area contributed by atoms with E-state index in [9.17, 15) is 8.42 Å². The number of nitrogens with one attached hydrogen (secondary N) is 2. The molecule has 2 aromatic rings. The van der Waals surface area contributed by atoms with Gasteiger partial charge in [0.25, 0.3) is 0 Å². The molecule has 2 fully saturated rings. The van der Waals surface area contributed by atoms with E-state index in [0.29, 0.717) is 24.5 Å². The minimum absolute atomic E-state index is 0.271. The van der Waals surface area contributed by atoms with Crippen molar-refractivity contribution in [3.8, 4) is 0 Å². The van der Waals surface area contributed by atoms with Gasteiger partial charge in [-0.05, 0) is 23.7 Å². The molecule has 4 atom stereocenters. The van der Waals surface area contributed by atoms with Gasteiger partial charge in [-0.15, -0.1) is 20.4 Å². The molecule has 27 heavy (non-hydrogen) atoms. The molecule has 11 heteroatoms. The van der Waals surface area contributed by atoms with Crippen molar-refractivity contribution in [2.24, 2.45) is 10.8 Å². The van der Waals surface area contributed by atoms with Gasteiger partial charge in [-0.2, -0.15) is 10.4 Å². The van der Waals surface area contributed by atoms with Crippen LogP contribution in [0.5, 0.6) is 0 Å². The lowest BCUT2D eigenvalue weighted by atomic mass is 9.87. The molecule has 0 spiro atoms. The maximum atomic E-state index is 14.3. The van der Waals surface area contributed by atoms with Crippen LogP contribution < -0.4 is 0 Å². The molecule has 0 aliphatic heterocycles. The number of sulfone groups is 1. The summed E-state index contributed by atoms with van der Waals surface area (Å²) < 4.78 is 26.8. The van der Waals surface area contributed by atoms with Crippen LogP contribution in [-0.2, 0) is 9.84 Å². The van der Waals surface area contributed by atoms with E-state index in [0.717, 1.165) is 0 Å². The summed E-state index contributed by atoms with van der Waals surface area (Å²) in [4.78, 5) is 0. The minimum Gasteiger partial charge on any atom is -0.228 e. The fraction of sp³-hybridized carbons (Fsp3) is 0.875. The van der Waals surface area contributed by atoms with E-state index in [-0.39, 0.29) is 11.8 Å². The Morgan fingerprint density at radius 3 is 1.44 bits per heavy atom. The zero-order valence-electron chi connectivity index (χ0n) is 16.5. The number of rotatable bonds is 4. The molecular weight excluding hydrogens is 368 g/mol. The number of hydrogen-bond donors (Lipinski definition) is 2. The SMILES string of the molecule is CC(C)(C)C1(S(=O)(=O)C2(C(C)(C)C)CC2c2nn[nH]n2)CC1c1nn[nH]n1. The topological polar surface area (TPSA) is 143 Å². The smallest absolute Gasteiger partial charge is 0.179 e. The van der Waals surface area contributed by atoms with Crippen LogP contribution >= 0.6 is 0 Å². The molecule has 2 aliphatic rings. The van der Waals surface area contributed by atoms with Crippen molar-refractivity contribution < 1.29 is 8.42 Å². The van der Waals surface area contributed by atoms with Gasteiger partial charge >= 0.3 is 0 Å². The second kappa shape index (κ2) is 5.12. The van der Waals surface area contributed by atoms with Gasteiger partial charge in [-0.25, -0.2) is 8.42 Å². The van der Waals surface area contributed by atoms with E-state index in [4.69, 9.17) is 0 Å². The first-order valence-corrected chi connectivity index (χ1v) is 10.6. The Hall–Kier alpha value is -1.91. The quantitative estimate of drug-likeness (QED) is 0.791. The molecule has 2 heterocycles. The number of tetrazole rings is 2. The molecule has 4 rings (SSSR count). The van der Waals surface area contributed by atoms with Crippen LogP contribution in [0, 0.1) is 10.8 Å². The number of aromatic amines is 2. The van der Waals surface area contributed by atoms with Gasteiger partial charge in [0.15, 0.2) is 21.5 Å². The molecule has 0 radical (unpaired) electrons. The zero-order valence-corrected chi connectivity index (χ0v) is 17.3. The second-order valence-corrected chi connectivity index (χ2v) is 12.3. The average Bonchev–Trinajstić information content (AvgIpc) is 3.34. The van der Waals surface area contributed by atoms with Gasteiger partial charge in [0.05, 0.1) is 9.49 Å². The molecule has 0 amide bonds. The Morgan fingerprint density at radius 2 is 1.19 bits per heavy atom. The number of hydrogen-bond acceptors (Lipinski definition) is 8. The van der Waals surface area contributed by atoms with Gasteiger partial charge in [-0.3, -0.25) is 0 Å². The second-order valence-electron chi connectivity index (χ2n) is 9.84. The Bertz CT molecular complexity index is 869. The maximum Gasteiger partial charge on any atom is 0.179 e. The van der Waals surface area contributed by atoms with Crippen molar-refractivity contribution >= 4 is 9.84 Å². The van der Waals surface area contributed by atoms with Crippen LogP contribution in [0.25, 0.3) is 0 Å². The number of nitrogens with zero attached hydrogens (tertiary/aromatic N) is 6. The van der Waals surface area contributed by atoms with Crippen molar-refractivity contribution in [1.29, 1.82) is 0 Å². The van der Waals surface area contributed by atoms with Crippen LogP contribution in [0.1, 0.15) is 77.9 Å². The van der Waals surface area contributed by atoms with Gasteiger partial charge in [0.1, 0.15) is 0 Å². The van der Waals surface area contributed by atoms with Crippen molar-refractivity contribution in [2.45, 2.75) is 75.7 Å². The normalized spacial score (nSPS) is 33.9. The summed E-state index contributed by atoms with van der Waals surface area (Å²) in [6.45, 7) is 11.9. The summed E-state index contributed by atoms with van der Waals surface area (Å²) in [5.74, 6) is 0.391. The zero-order chi connectivity index (χ0) is 19.9. The third-order valence-electron chi connectivity index (χ3n) is 6.67. The molecule has 2 aliphatic carbocycles. The van der Waals surface area contributed by atoms with E-state index in [1.54, 1.807) is 0 Å². The minimum atomic E-state index is -3.63. The van der Waals surface area contributed by atoms with E-state index in [2.05, 4.69) is 41.2 Å². The van der Waals surface area contributed by atoms with E-state index < -0.39 is 30.2 Å². The summed E-state index contributed by atoms with van der Waals surface area (Å²) >= 11 is 0. The third kappa shape index (κ3) is 2.14. The molecule has 0 aromatic carbocycles. The van der Waals surface area contributed by atoms with Crippen molar-refractivity contribution in [3.63, 3.8) is 0 Å². The Morgan fingerprint density at radius 1 is 0.815 bits per heavy atom. The summed E-state index contributed by atoms with van der Waals surface area (Å²) in [7, 11) is -3.63. The summed E-state index contributed by atoms with van der Waals surface area (Å²) in [6.07, 6.45) is 0.990. The molecule has 4 unspecified atom stereocenters. The number of H-pyrrole nitrogens is 2.